The van der Waals surface area contributed by atoms with Gasteiger partial charge in [0.05, 0.1) is 6.10 Å². The first kappa shape index (κ1) is 11.5. The molecule has 14 heavy (non-hydrogen) atoms. The second-order valence-electron chi connectivity index (χ2n) is 3.24. The van der Waals surface area contributed by atoms with Crippen LogP contribution in [0.4, 0.5) is 0 Å². The molecule has 0 aliphatic heterocycles. The Hall–Kier alpha value is -0.530. The molecule has 1 atom stereocenters. The molecule has 0 spiro atoms. The van der Waals surface area contributed by atoms with Crippen molar-refractivity contribution in [3.05, 3.63) is 32.9 Å². The lowest BCUT2D eigenvalue weighted by Crippen LogP contribution is -2.00. The Bertz CT molecular complexity index is 352. The van der Waals surface area contributed by atoms with E-state index in [4.69, 9.17) is 6.42 Å². The monoisotopic (exact) mass is 300 g/mol. The van der Waals surface area contributed by atoms with Gasteiger partial charge in [-0.25, -0.2) is 0 Å². The number of halogens is 1. The quantitative estimate of drug-likeness (QED) is 0.672. The molecular formula is C12H13IO. The molecule has 0 aliphatic carbocycles. The average Bonchev–Trinajstić information content (AvgIpc) is 2.18. The highest BCUT2D eigenvalue weighted by atomic mass is 127. The van der Waals surface area contributed by atoms with Crippen LogP contribution in [0.1, 0.15) is 30.1 Å². The second kappa shape index (κ2) is 5.38. The molecule has 0 fully saturated rings. The number of hydrogen-bond acceptors (Lipinski definition) is 1. The van der Waals surface area contributed by atoms with Gasteiger partial charge < -0.3 is 5.11 Å². The summed E-state index contributed by atoms with van der Waals surface area (Å²) in [6.07, 6.45) is 5.98. The zero-order valence-corrected chi connectivity index (χ0v) is 10.3. The van der Waals surface area contributed by atoms with Crippen molar-refractivity contribution in [1.82, 2.24) is 0 Å². The second-order valence-corrected chi connectivity index (χ2v) is 4.32. The fourth-order valence-corrected chi connectivity index (χ4v) is 2.02. The summed E-state index contributed by atoms with van der Waals surface area (Å²) in [5, 5.41) is 9.86. The summed E-state index contributed by atoms with van der Waals surface area (Å²) in [4.78, 5) is 0. The standard InChI is InChI=1S/C12H13IO/c1-3-4-8-11(14)10-7-5-6-9(2)12(10)13/h1,5-7,11,14H,4,8H2,2H3. The van der Waals surface area contributed by atoms with Gasteiger partial charge in [-0.1, -0.05) is 18.2 Å². The molecule has 1 unspecified atom stereocenters. The van der Waals surface area contributed by atoms with Crippen molar-refractivity contribution in [2.24, 2.45) is 0 Å². The van der Waals surface area contributed by atoms with Crippen LogP contribution in [0, 0.1) is 22.8 Å². The predicted octanol–water partition coefficient (Wildman–Crippen LogP) is 3.05. The van der Waals surface area contributed by atoms with Crippen LogP contribution in [0.15, 0.2) is 18.2 Å². The van der Waals surface area contributed by atoms with E-state index < -0.39 is 6.10 Å². The van der Waals surface area contributed by atoms with Crippen LogP contribution >= 0.6 is 22.6 Å². The highest BCUT2D eigenvalue weighted by molar-refractivity contribution is 14.1. The number of benzene rings is 1. The smallest absolute Gasteiger partial charge is 0.0809 e. The van der Waals surface area contributed by atoms with Gasteiger partial charge in [0, 0.05) is 9.99 Å². The van der Waals surface area contributed by atoms with Crippen LogP contribution < -0.4 is 0 Å². The van der Waals surface area contributed by atoms with Gasteiger partial charge in [0.25, 0.3) is 0 Å². The van der Waals surface area contributed by atoms with Crippen LogP contribution in [0.25, 0.3) is 0 Å². The van der Waals surface area contributed by atoms with Crippen LogP contribution in [0.5, 0.6) is 0 Å². The number of terminal acetylenes is 1. The van der Waals surface area contributed by atoms with Crippen molar-refractivity contribution in [2.45, 2.75) is 25.9 Å². The van der Waals surface area contributed by atoms with Gasteiger partial charge in [-0.3, -0.25) is 0 Å². The Morgan fingerprint density at radius 1 is 1.57 bits per heavy atom. The maximum absolute atomic E-state index is 9.86. The molecule has 0 heterocycles. The van der Waals surface area contributed by atoms with E-state index in [1.807, 2.05) is 25.1 Å². The van der Waals surface area contributed by atoms with Gasteiger partial charge in [0.2, 0.25) is 0 Å². The average molecular weight is 300 g/mol. The number of aryl methyl sites for hydroxylation is 1. The van der Waals surface area contributed by atoms with Crippen molar-refractivity contribution < 1.29 is 5.11 Å². The first-order valence-corrected chi connectivity index (χ1v) is 5.61. The Labute approximate surface area is 98.7 Å². The minimum Gasteiger partial charge on any atom is -0.388 e. The minimum absolute atomic E-state index is 0.433. The van der Waals surface area contributed by atoms with Gasteiger partial charge in [0.15, 0.2) is 0 Å². The molecule has 0 bridgehead atoms. The Kier molecular flexibility index (Phi) is 4.43. The van der Waals surface area contributed by atoms with Gasteiger partial charge >= 0.3 is 0 Å². The SMILES string of the molecule is C#CCCC(O)c1cccc(C)c1I. The molecule has 1 N–H and O–H groups in total. The summed E-state index contributed by atoms with van der Waals surface area (Å²) in [5.74, 6) is 2.54. The first-order valence-electron chi connectivity index (χ1n) is 4.53. The molecule has 74 valence electrons. The van der Waals surface area contributed by atoms with Crippen LogP contribution in [0.3, 0.4) is 0 Å². The van der Waals surface area contributed by atoms with Crippen molar-refractivity contribution in [2.75, 3.05) is 0 Å². The van der Waals surface area contributed by atoms with E-state index in [1.54, 1.807) is 0 Å². The predicted molar refractivity (Wildman–Crippen MR) is 66.9 cm³/mol. The lowest BCUT2D eigenvalue weighted by molar-refractivity contribution is 0.168. The minimum atomic E-state index is -0.433. The van der Waals surface area contributed by atoms with Crippen molar-refractivity contribution in [1.29, 1.82) is 0 Å². The van der Waals surface area contributed by atoms with Crippen molar-refractivity contribution >= 4 is 22.6 Å². The molecule has 0 aromatic heterocycles. The molecule has 0 amide bonds. The first-order chi connectivity index (χ1) is 6.66. The molecule has 1 rings (SSSR count). The van der Waals surface area contributed by atoms with E-state index >= 15 is 0 Å². The molecule has 1 nitrogen and oxygen atoms in total. The van der Waals surface area contributed by atoms with E-state index in [9.17, 15) is 5.11 Å². The topological polar surface area (TPSA) is 20.2 Å². The Balaban J connectivity index is 2.85. The zero-order chi connectivity index (χ0) is 10.6. The summed E-state index contributed by atoms with van der Waals surface area (Å²) >= 11 is 2.26. The lowest BCUT2D eigenvalue weighted by atomic mass is 10.0. The Morgan fingerprint density at radius 2 is 2.29 bits per heavy atom. The zero-order valence-electron chi connectivity index (χ0n) is 8.13. The normalized spacial score (nSPS) is 12.1. The molecule has 0 saturated heterocycles. The van der Waals surface area contributed by atoms with E-state index in [0.717, 1.165) is 9.13 Å². The summed E-state index contributed by atoms with van der Waals surface area (Å²) in [7, 11) is 0. The van der Waals surface area contributed by atoms with Gasteiger partial charge in [0.1, 0.15) is 0 Å². The number of hydrogen-bond donors (Lipinski definition) is 1. The molecule has 0 radical (unpaired) electrons. The summed E-state index contributed by atoms with van der Waals surface area (Å²) in [6, 6.07) is 5.96. The summed E-state index contributed by atoms with van der Waals surface area (Å²) in [6.45, 7) is 2.04. The maximum atomic E-state index is 9.86. The maximum Gasteiger partial charge on any atom is 0.0809 e. The Morgan fingerprint density at radius 3 is 2.93 bits per heavy atom. The fraction of sp³-hybridized carbons (Fsp3) is 0.333. The van der Waals surface area contributed by atoms with Crippen molar-refractivity contribution in [3.63, 3.8) is 0 Å². The van der Waals surface area contributed by atoms with Crippen LogP contribution in [0.2, 0.25) is 0 Å². The van der Waals surface area contributed by atoms with Gasteiger partial charge in [-0.05, 0) is 47.1 Å². The van der Waals surface area contributed by atoms with Crippen LogP contribution in [-0.4, -0.2) is 5.11 Å². The number of rotatable bonds is 3. The summed E-state index contributed by atoms with van der Waals surface area (Å²) in [5.41, 5.74) is 2.18. The third-order valence-corrected chi connectivity index (χ3v) is 3.62. The highest BCUT2D eigenvalue weighted by Gasteiger charge is 2.11. The molecule has 0 saturated carbocycles. The summed E-state index contributed by atoms with van der Waals surface area (Å²) < 4.78 is 1.13. The van der Waals surface area contributed by atoms with E-state index in [0.29, 0.717) is 12.8 Å². The third-order valence-electron chi connectivity index (χ3n) is 2.14. The molecule has 0 aliphatic rings. The molecular weight excluding hydrogens is 287 g/mol. The number of aliphatic hydroxyl groups excluding tert-OH is 1. The van der Waals surface area contributed by atoms with E-state index in [1.165, 1.54) is 5.56 Å². The highest BCUT2D eigenvalue weighted by Crippen LogP contribution is 2.25. The fourth-order valence-electron chi connectivity index (χ4n) is 1.30. The lowest BCUT2D eigenvalue weighted by Gasteiger charge is -2.12. The van der Waals surface area contributed by atoms with Gasteiger partial charge in [-0.15, -0.1) is 12.3 Å². The largest absolute Gasteiger partial charge is 0.388 e. The van der Waals surface area contributed by atoms with Gasteiger partial charge in [-0.2, -0.15) is 0 Å². The van der Waals surface area contributed by atoms with Crippen molar-refractivity contribution in [3.8, 4) is 12.3 Å². The molecule has 1 aromatic carbocycles. The molecule has 1 aromatic rings. The van der Waals surface area contributed by atoms with E-state index in [-0.39, 0.29) is 0 Å². The number of aliphatic hydroxyl groups is 1. The van der Waals surface area contributed by atoms with E-state index in [2.05, 4.69) is 28.5 Å². The van der Waals surface area contributed by atoms with Crippen LogP contribution in [-0.2, 0) is 0 Å². The third kappa shape index (κ3) is 2.73. The molecule has 2 heteroatoms.